The van der Waals surface area contributed by atoms with Crippen LogP contribution < -0.4 is 15.4 Å². The highest BCUT2D eigenvalue weighted by molar-refractivity contribution is 6.40. The van der Waals surface area contributed by atoms with Crippen molar-refractivity contribution in [1.82, 2.24) is 10.3 Å². The normalized spacial score (nSPS) is 15.2. The lowest BCUT2D eigenvalue weighted by Crippen LogP contribution is -2.38. The van der Waals surface area contributed by atoms with Crippen molar-refractivity contribution >= 4 is 28.4 Å². The molecule has 2 heterocycles. The Hall–Kier alpha value is -3.41. The summed E-state index contributed by atoms with van der Waals surface area (Å²) in [4.78, 5) is 29.0. The number of rotatable bonds is 2. The van der Waals surface area contributed by atoms with Gasteiger partial charge in [0.1, 0.15) is 12.4 Å². The number of ether oxygens (including phenoxy) is 1. The Morgan fingerprint density at radius 1 is 1.08 bits per heavy atom. The van der Waals surface area contributed by atoms with Gasteiger partial charge in [-0.3, -0.25) is 14.6 Å². The van der Waals surface area contributed by atoms with Gasteiger partial charge in [-0.2, -0.15) is 0 Å². The minimum Gasteiger partial charge on any atom is -0.491 e. The van der Waals surface area contributed by atoms with Gasteiger partial charge in [-0.25, -0.2) is 0 Å². The van der Waals surface area contributed by atoms with E-state index in [1.54, 1.807) is 18.3 Å². The van der Waals surface area contributed by atoms with Crippen LogP contribution in [0.5, 0.6) is 5.75 Å². The molecule has 6 nitrogen and oxygen atoms in total. The molecular formula is C20H17N3O3. The molecule has 26 heavy (non-hydrogen) atoms. The Bertz CT molecular complexity index is 1020. The van der Waals surface area contributed by atoms with E-state index in [-0.39, 0.29) is 6.04 Å². The number of pyridine rings is 1. The Kier molecular flexibility index (Phi) is 4.01. The lowest BCUT2D eigenvalue weighted by Gasteiger charge is -2.13. The van der Waals surface area contributed by atoms with Crippen LogP contribution in [-0.2, 0) is 9.59 Å². The van der Waals surface area contributed by atoms with Crippen molar-refractivity contribution in [3.8, 4) is 5.75 Å². The fourth-order valence-electron chi connectivity index (χ4n) is 3.11. The highest BCUT2D eigenvalue weighted by atomic mass is 16.5. The molecule has 0 unspecified atom stereocenters. The van der Waals surface area contributed by atoms with Crippen LogP contribution in [0.2, 0.25) is 0 Å². The lowest BCUT2D eigenvalue weighted by molar-refractivity contribution is -0.136. The van der Waals surface area contributed by atoms with Crippen LogP contribution in [0, 0.1) is 6.92 Å². The maximum absolute atomic E-state index is 12.4. The van der Waals surface area contributed by atoms with Gasteiger partial charge in [0.05, 0.1) is 17.2 Å². The molecule has 1 aromatic heterocycles. The number of para-hydroxylation sites is 1. The average molecular weight is 347 g/mol. The van der Waals surface area contributed by atoms with Crippen LogP contribution in [0.15, 0.2) is 54.7 Å². The van der Waals surface area contributed by atoms with Crippen LogP contribution in [-0.4, -0.2) is 23.4 Å². The Balaban J connectivity index is 1.51. The van der Waals surface area contributed by atoms with E-state index in [1.807, 2.05) is 43.3 Å². The summed E-state index contributed by atoms with van der Waals surface area (Å²) in [6.07, 6.45) is 1.70. The zero-order valence-corrected chi connectivity index (χ0v) is 14.2. The van der Waals surface area contributed by atoms with E-state index >= 15 is 0 Å². The molecule has 0 bridgehead atoms. The summed E-state index contributed by atoms with van der Waals surface area (Å²) >= 11 is 0. The molecule has 1 aliphatic heterocycles. The van der Waals surface area contributed by atoms with Gasteiger partial charge >= 0.3 is 11.8 Å². The third kappa shape index (κ3) is 2.86. The molecule has 4 rings (SSSR count). The number of nitrogens with zero attached hydrogens (tertiary/aromatic N) is 1. The van der Waals surface area contributed by atoms with Crippen molar-refractivity contribution in [2.75, 3.05) is 11.9 Å². The molecule has 1 aliphatic rings. The number of amides is 2. The summed E-state index contributed by atoms with van der Waals surface area (Å²) < 4.78 is 5.53. The standard InChI is InChI=1S/C20H17N3O3/c1-12-8-9-15(14-6-4-10-21-18(12)14)22-19(24)20(25)23-16-11-26-17-7-3-2-5-13(16)17/h2-10,16H,11H2,1H3,(H,22,24)(H,23,25)/t16-/m0/s1. The lowest BCUT2D eigenvalue weighted by atomic mass is 10.1. The van der Waals surface area contributed by atoms with Crippen LogP contribution in [0.3, 0.4) is 0 Å². The van der Waals surface area contributed by atoms with Crippen molar-refractivity contribution < 1.29 is 14.3 Å². The smallest absolute Gasteiger partial charge is 0.313 e. The Labute approximate surface area is 150 Å². The second kappa shape index (κ2) is 6.48. The van der Waals surface area contributed by atoms with Crippen molar-refractivity contribution in [2.45, 2.75) is 13.0 Å². The summed E-state index contributed by atoms with van der Waals surface area (Å²) in [5, 5.41) is 6.20. The molecule has 130 valence electrons. The van der Waals surface area contributed by atoms with E-state index < -0.39 is 11.8 Å². The third-order valence-corrected chi connectivity index (χ3v) is 4.43. The first-order valence-corrected chi connectivity index (χ1v) is 8.31. The van der Waals surface area contributed by atoms with E-state index in [9.17, 15) is 9.59 Å². The maximum Gasteiger partial charge on any atom is 0.313 e. The molecule has 0 radical (unpaired) electrons. The summed E-state index contributed by atoms with van der Waals surface area (Å²) in [6, 6.07) is 14.4. The van der Waals surface area contributed by atoms with Gasteiger partial charge < -0.3 is 15.4 Å². The number of benzene rings is 2. The number of hydrogen-bond donors (Lipinski definition) is 2. The molecule has 0 saturated carbocycles. The summed E-state index contributed by atoms with van der Waals surface area (Å²) in [5.41, 5.74) is 3.23. The number of anilines is 1. The minimum atomic E-state index is -0.719. The molecule has 3 aromatic rings. The number of aryl methyl sites for hydroxylation is 1. The molecule has 2 amide bonds. The average Bonchev–Trinajstić information content (AvgIpc) is 3.07. The fourth-order valence-corrected chi connectivity index (χ4v) is 3.11. The minimum absolute atomic E-state index is 0.315. The van der Waals surface area contributed by atoms with Gasteiger partial charge in [-0.15, -0.1) is 0 Å². The second-order valence-electron chi connectivity index (χ2n) is 6.16. The number of hydrogen-bond acceptors (Lipinski definition) is 4. The van der Waals surface area contributed by atoms with Crippen molar-refractivity contribution in [1.29, 1.82) is 0 Å². The molecule has 0 spiro atoms. The second-order valence-corrected chi connectivity index (χ2v) is 6.16. The van der Waals surface area contributed by atoms with Gasteiger partial charge in [0.2, 0.25) is 0 Å². The number of nitrogens with one attached hydrogen (secondary N) is 2. The number of carbonyl (C=O) groups is 2. The van der Waals surface area contributed by atoms with Gasteiger partial charge in [-0.1, -0.05) is 24.3 Å². The first-order chi connectivity index (χ1) is 12.6. The quantitative estimate of drug-likeness (QED) is 0.699. The molecule has 1 atom stereocenters. The maximum atomic E-state index is 12.4. The van der Waals surface area contributed by atoms with Crippen LogP contribution >= 0.6 is 0 Å². The highest BCUT2D eigenvalue weighted by Gasteiger charge is 2.27. The van der Waals surface area contributed by atoms with Gasteiger partial charge in [0.25, 0.3) is 0 Å². The molecule has 0 aliphatic carbocycles. The number of fused-ring (bicyclic) bond motifs is 2. The van der Waals surface area contributed by atoms with Crippen molar-refractivity contribution in [3.63, 3.8) is 0 Å². The molecular weight excluding hydrogens is 330 g/mol. The summed E-state index contributed by atoms with van der Waals surface area (Å²) in [7, 11) is 0. The SMILES string of the molecule is Cc1ccc(NC(=O)C(=O)N[C@H]2COc3ccccc32)c2cccnc12. The summed E-state index contributed by atoms with van der Waals surface area (Å²) in [6.45, 7) is 2.26. The third-order valence-electron chi connectivity index (χ3n) is 4.43. The first kappa shape index (κ1) is 16.1. The van der Waals surface area contributed by atoms with E-state index in [1.165, 1.54) is 0 Å². The largest absolute Gasteiger partial charge is 0.491 e. The zero-order valence-electron chi connectivity index (χ0n) is 14.2. The Morgan fingerprint density at radius 3 is 2.81 bits per heavy atom. The predicted octanol–water partition coefficient (Wildman–Crippen LogP) is 2.73. The highest BCUT2D eigenvalue weighted by Crippen LogP contribution is 2.31. The van der Waals surface area contributed by atoms with Gasteiger partial charge in [0, 0.05) is 17.1 Å². The van der Waals surface area contributed by atoms with Gasteiger partial charge in [-0.05, 0) is 36.8 Å². The predicted molar refractivity (Wildman–Crippen MR) is 97.9 cm³/mol. The van der Waals surface area contributed by atoms with Crippen LogP contribution in [0.25, 0.3) is 10.9 Å². The molecule has 0 fully saturated rings. The number of carbonyl (C=O) groups excluding carboxylic acids is 2. The van der Waals surface area contributed by atoms with Crippen LogP contribution in [0.1, 0.15) is 17.2 Å². The van der Waals surface area contributed by atoms with Crippen molar-refractivity contribution in [3.05, 3.63) is 65.9 Å². The van der Waals surface area contributed by atoms with E-state index in [0.717, 1.165) is 27.8 Å². The fraction of sp³-hybridized carbons (Fsp3) is 0.150. The van der Waals surface area contributed by atoms with E-state index in [0.29, 0.717) is 12.3 Å². The molecule has 2 aromatic carbocycles. The Morgan fingerprint density at radius 2 is 1.92 bits per heavy atom. The molecule has 0 saturated heterocycles. The van der Waals surface area contributed by atoms with Gasteiger partial charge in [0.15, 0.2) is 0 Å². The summed E-state index contributed by atoms with van der Waals surface area (Å²) in [5.74, 6) is -0.690. The first-order valence-electron chi connectivity index (χ1n) is 8.31. The van der Waals surface area contributed by atoms with Crippen molar-refractivity contribution in [2.24, 2.45) is 0 Å². The van der Waals surface area contributed by atoms with Crippen LogP contribution in [0.4, 0.5) is 5.69 Å². The monoisotopic (exact) mass is 347 g/mol. The zero-order chi connectivity index (χ0) is 18.1. The van der Waals surface area contributed by atoms with E-state index in [4.69, 9.17) is 4.74 Å². The number of aromatic nitrogens is 1. The molecule has 2 N–H and O–H groups in total. The molecule has 6 heteroatoms. The topological polar surface area (TPSA) is 80.3 Å². The van der Waals surface area contributed by atoms with E-state index in [2.05, 4.69) is 15.6 Å².